The zero-order valence-corrected chi connectivity index (χ0v) is 18.3. The molecule has 0 bridgehead atoms. The van der Waals surface area contributed by atoms with Crippen molar-refractivity contribution in [1.29, 1.82) is 5.26 Å². The summed E-state index contributed by atoms with van der Waals surface area (Å²) < 4.78 is 59.9. The number of aromatic nitrogens is 3. The van der Waals surface area contributed by atoms with Crippen LogP contribution < -0.4 is 16.0 Å². The fourth-order valence-corrected chi connectivity index (χ4v) is 3.82. The van der Waals surface area contributed by atoms with E-state index in [9.17, 15) is 37.2 Å². The van der Waals surface area contributed by atoms with Crippen molar-refractivity contribution in [2.24, 2.45) is 7.05 Å². The van der Waals surface area contributed by atoms with Crippen LogP contribution in [-0.4, -0.2) is 26.5 Å². The number of carbonyl (C=O) groups excluding carboxylic acids is 1. The number of Topliss-reactive ketones (excluding diaryl/α,β-unsaturated/α-hetero) is 1. The quantitative estimate of drug-likeness (QED) is 0.485. The molecule has 13 heteroatoms. The molecule has 0 spiro atoms. The van der Waals surface area contributed by atoms with Gasteiger partial charge in [0, 0.05) is 24.2 Å². The number of carbonyl (C=O) groups is 1. The van der Waals surface area contributed by atoms with Gasteiger partial charge in [0.25, 0.3) is 5.56 Å². The first-order chi connectivity index (χ1) is 15.9. The van der Waals surface area contributed by atoms with Crippen molar-refractivity contribution in [2.75, 3.05) is 6.61 Å². The molecule has 0 saturated carbocycles. The Morgan fingerprint density at radius 3 is 2.56 bits per heavy atom. The molecule has 0 aliphatic heterocycles. The Kier molecular flexibility index (Phi) is 6.92. The van der Waals surface area contributed by atoms with Gasteiger partial charge in [-0.3, -0.25) is 14.2 Å². The van der Waals surface area contributed by atoms with Crippen LogP contribution in [0.25, 0.3) is 5.69 Å². The number of nitriles is 1. The lowest BCUT2D eigenvalue weighted by Gasteiger charge is -2.15. The third-order valence-electron chi connectivity index (χ3n) is 4.39. The van der Waals surface area contributed by atoms with Crippen LogP contribution in [-0.2, 0) is 18.0 Å². The molecule has 0 aliphatic rings. The number of ketones is 1. The van der Waals surface area contributed by atoms with Crippen LogP contribution >= 0.6 is 11.8 Å². The van der Waals surface area contributed by atoms with E-state index in [2.05, 4.69) is 4.98 Å². The minimum atomic E-state index is -4.98. The summed E-state index contributed by atoms with van der Waals surface area (Å²) in [6.07, 6.45) is -3.58. The molecule has 34 heavy (non-hydrogen) atoms. The highest BCUT2D eigenvalue weighted by atomic mass is 32.2. The fraction of sp³-hybridized carbons (Fsp3) is 0.190. The Bertz CT molecular complexity index is 1440. The molecule has 2 aromatic heterocycles. The van der Waals surface area contributed by atoms with Crippen LogP contribution in [0, 0.1) is 17.1 Å². The van der Waals surface area contributed by atoms with Crippen LogP contribution in [0.2, 0.25) is 0 Å². The van der Waals surface area contributed by atoms with E-state index in [1.54, 1.807) is 12.1 Å². The fourth-order valence-electron chi connectivity index (χ4n) is 2.86. The van der Waals surface area contributed by atoms with Crippen LogP contribution in [0.1, 0.15) is 18.2 Å². The van der Waals surface area contributed by atoms with Gasteiger partial charge < -0.3 is 4.74 Å². The number of ether oxygens (including phenoxy) is 1. The third-order valence-corrected chi connectivity index (χ3v) is 5.48. The van der Waals surface area contributed by atoms with Gasteiger partial charge in [0.1, 0.15) is 24.2 Å². The maximum atomic E-state index is 14.8. The Labute approximate surface area is 193 Å². The number of benzene rings is 1. The highest BCUT2D eigenvalue weighted by molar-refractivity contribution is 7.99. The minimum absolute atomic E-state index is 0.0417. The minimum Gasteiger partial charge on any atom is -0.469 e. The van der Waals surface area contributed by atoms with Crippen LogP contribution in [0.15, 0.2) is 55.9 Å². The van der Waals surface area contributed by atoms with Crippen molar-refractivity contribution in [2.45, 2.75) is 22.9 Å². The van der Waals surface area contributed by atoms with E-state index >= 15 is 0 Å². The molecule has 3 aromatic rings. The molecule has 3 rings (SSSR count). The SMILES string of the molecule is CC(=O)COc1ncccc1Sc1cc(-n2c(=O)cc(C(F)(F)F)n(C)c2=O)c(F)cc1C#N. The molecule has 0 fully saturated rings. The summed E-state index contributed by atoms with van der Waals surface area (Å²) in [4.78, 5) is 40.6. The van der Waals surface area contributed by atoms with E-state index in [4.69, 9.17) is 4.74 Å². The van der Waals surface area contributed by atoms with E-state index in [-0.39, 0.29) is 43.9 Å². The van der Waals surface area contributed by atoms with Crippen LogP contribution in [0.4, 0.5) is 17.6 Å². The van der Waals surface area contributed by atoms with Gasteiger partial charge in [-0.2, -0.15) is 18.4 Å². The van der Waals surface area contributed by atoms with Crippen molar-refractivity contribution < 1.29 is 27.1 Å². The number of hydrogen-bond donors (Lipinski definition) is 0. The van der Waals surface area contributed by atoms with Crippen molar-refractivity contribution in [1.82, 2.24) is 14.1 Å². The van der Waals surface area contributed by atoms with Crippen LogP contribution in [0.5, 0.6) is 5.88 Å². The first-order valence-corrected chi connectivity index (χ1v) is 10.1. The van der Waals surface area contributed by atoms with Crippen molar-refractivity contribution in [3.8, 4) is 17.6 Å². The average Bonchev–Trinajstić information content (AvgIpc) is 2.76. The maximum absolute atomic E-state index is 14.8. The Balaban J connectivity index is 2.17. The molecule has 0 N–H and O–H groups in total. The topological polar surface area (TPSA) is 107 Å². The monoisotopic (exact) mass is 494 g/mol. The predicted octanol–water partition coefficient (Wildman–Crippen LogP) is 3.08. The summed E-state index contributed by atoms with van der Waals surface area (Å²) in [5.74, 6) is -1.40. The van der Waals surface area contributed by atoms with Gasteiger partial charge in [-0.25, -0.2) is 18.7 Å². The van der Waals surface area contributed by atoms with E-state index in [0.29, 0.717) is 4.90 Å². The van der Waals surface area contributed by atoms with Gasteiger partial charge in [0.15, 0.2) is 5.78 Å². The second-order valence-electron chi connectivity index (χ2n) is 6.85. The number of nitrogens with zero attached hydrogens (tertiary/aromatic N) is 4. The Morgan fingerprint density at radius 2 is 1.94 bits per heavy atom. The zero-order chi connectivity index (χ0) is 25.2. The molecule has 2 heterocycles. The maximum Gasteiger partial charge on any atom is 0.431 e. The van der Waals surface area contributed by atoms with Gasteiger partial charge in [0.2, 0.25) is 5.88 Å². The normalized spacial score (nSPS) is 11.2. The second-order valence-corrected chi connectivity index (χ2v) is 7.94. The lowest BCUT2D eigenvalue weighted by molar-refractivity contribution is -0.144. The van der Waals surface area contributed by atoms with Gasteiger partial charge >= 0.3 is 11.9 Å². The molecule has 1 aromatic carbocycles. The molecular formula is C21H14F4N4O4S. The molecule has 8 nitrogen and oxygen atoms in total. The molecule has 0 atom stereocenters. The lowest BCUT2D eigenvalue weighted by Crippen LogP contribution is -2.41. The summed E-state index contributed by atoms with van der Waals surface area (Å²) >= 11 is 0.866. The number of alkyl halides is 3. The van der Waals surface area contributed by atoms with Crippen molar-refractivity contribution in [3.63, 3.8) is 0 Å². The molecular weight excluding hydrogens is 480 g/mol. The Hall–Kier alpha value is -3.92. The van der Waals surface area contributed by atoms with Crippen molar-refractivity contribution >= 4 is 17.5 Å². The summed E-state index contributed by atoms with van der Waals surface area (Å²) in [7, 11) is 0.798. The standard InChI is InChI=1S/C21H14F4N4O4S/c1-11(30)10-33-19-15(4-3-5-27-19)34-16-7-14(13(22)6-12(16)9-26)29-18(31)8-17(21(23,24)25)28(2)20(29)32/h3-8H,10H2,1-2H3. The highest BCUT2D eigenvalue weighted by Gasteiger charge is 2.35. The largest absolute Gasteiger partial charge is 0.469 e. The van der Waals surface area contributed by atoms with E-state index < -0.39 is 34.6 Å². The third kappa shape index (κ3) is 5.01. The molecule has 0 amide bonds. The molecule has 0 radical (unpaired) electrons. The first kappa shape index (κ1) is 24.7. The molecule has 176 valence electrons. The smallest absolute Gasteiger partial charge is 0.431 e. The number of rotatable bonds is 6. The van der Waals surface area contributed by atoms with Gasteiger partial charge in [-0.15, -0.1) is 0 Å². The number of hydrogen-bond acceptors (Lipinski definition) is 7. The van der Waals surface area contributed by atoms with E-state index in [1.165, 1.54) is 19.2 Å². The van der Waals surface area contributed by atoms with Crippen molar-refractivity contribution in [3.05, 3.63) is 74.4 Å². The molecule has 0 aliphatic carbocycles. The zero-order valence-electron chi connectivity index (χ0n) is 17.5. The second kappa shape index (κ2) is 9.52. The first-order valence-electron chi connectivity index (χ1n) is 9.33. The van der Waals surface area contributed by atoms with Gasteiger partial charge in [-0.05, 0) is 31.2 Å². The lowest BCUT2D eigenvalue weighted by atomic mass is 10.2. The van der Waals surface area contributed by atoms with Gasteiger partial charge in [0.05, 0.1) is 16.1 Å². The van der Waals surface area contributed by atoms with Gasteiger partial charge in [-0.1, -0.05) is 11.8 Å². The Morgan fingerprint density at radius 1 is 1.24 bits per heavy atom. The average molecular weight is 494 g/mol. The summed E-state index contributed by atoms with van der Waals surface area (Å²) in [6.45, 7) is 1.03. The summed E-state index contributed by atoms with van der Waals surface area (Å²) in [6, 6.07) is 6.79. The van der Waals surface area contributed by atoms with E-state index in [1.807, 2.05) is 0 Å². The van der Waals surface area contributed by atoms with E-state index in [0.717, 1.165) is 30.9 Å². The van der Waals surface area contributed by atoms with Crippen LogP contribution in [0.3, 0.4) is 0 Å². The number of halogens is 4. The highest BCUT2D eigenvalue weighted by Crippen LogP contribution is 2.37. The molecule has 0 unspecified atom stereocenters. The predicted molar refractivity (Wildman–Crippen MR) is 111 cm³/mol. The summed E-state index contributed by atoms with van der Waals surface area (Å²) in [5.41, 5.74) is -5.14. The number of pyridine rings is 1. The summed E-state index contributed by atoms with van der Waals surface area (Å²) in [5, 5.41) is 9.43. The molecule has 0 saturated heterocycles.